The number of aliphatic hydroxyl groups is 1. The van der Waals surface area contributed by atoms with Gasteiger partial charge in [0.05, 0.1) is 17.1 Å². The van der Waals surface area contributed by atoms with Gasteiger partial charge in [-0.25, -0.2) is 9.37 Å². The standard InChI is InChI=1S/C16H24FN3O/c1-11(2)15(19(3)4)16-18-13-10-12(17)6-7-14(13)20(16)8-5-9-21/h6-7,10-11,15,21H,5,8-9H2,1-4H3. The number of imidazole rings is 1. The molecule has 0 saturated heterocycles. The normalized spacial score (nSPS) is 13.5. The third kappa shape index (κ3) is 3.24. The molecule has 5 heteroatoms. The highest BCUT2D eigenvalue weighted by Crippen LogP contribution is 2.29. The number of aliphatic hydroxyl groups excluding tert-OH is 1. The van der Waals surface area contributed by atoms with Crippen LogP contribution in [0.25, 0.3) is 11.0 Å². The Kier molecular flexibility index (Phi) is 4.96. The molecular formula is C16H24FN3O. The van der Waals surface area contributed by atoms with Crippen LogP contribution in [0.5, 0.6) is 0 Å². The number of benzene rings is 1. The quantitative estimate of drug-likeness (QED) is 0.890. The summed E-state index contributed by atoms with van der Waals surface area (Å²) in [6.07, 6.45) is 0.661. The Labute approximate surface area is 125 Å². The molecule has 0 aliphatic rings. The molecule has 2 rings (SSSR count). The van der Waals surface area contributed by atoms with E-state index in [1.807, 2.05) is 14.1 Å². The van der Waals surface area contributed by atoms with Crippen molar-refractivity contribution in [1.82, 2.24) is 14.5 Å². The summed E-state index contributed by atoms with van der Waals surface area (Å²) in [5, 5.41) is 9.12. The smallest absolute Gasteiger partial charge is 0.127 e. The molecular weight excluding hydrogens is 269 g/mol. The van der Waals surface area contributed by atoms with Crippen molar-refractivity contribution in [3.05, 3.63) is 29.8 Å². The van der Waals surface area contributed by atoms with Gasteiger partial charge in [-0.15, -0.1) is 0 Å². The van der Waals surface area contributed by atoms with Crippen LogP contribution in [0.4, 0.5) is 4.39 Å². The van der Waals surface area contributed by atoms with Crippen molar-refractivity contribution >= 4 is 11.0 Å². The maximum atomic E-state index is 13.4. The van der Waals surface area contributed by atoms with Crippen molar-refractivity contribution in [2.45, 2.75) is 32.9 Å². The Morgan fingerprint density at radius 3 is 2.62 bits per heavy atom. The van der Waals surface area contributed by atoms with Crippen LogP contribution in [-0.4, -0.2) is 40.3 Å². The molecule has 0 spiro atoms. The van der Waals surface area contributed by atoms with E-state index >= 15 is 0 Å². The lowest BCUT2D eigenvalue weighted by molar-refractivity contribution is 0.216. The summed E-state index contributed by atoms with van der Waals surface area (Å²) in [6.45, 7) is 5.13. The lowest BCUT2D eigenvalue weighted by Crippen LogP contribution is -2.27. The number of aryl methyl sites for hydroxylation is 1. The molecule has 116 valence electrons. The molecule has 0 aliphatic carbocycles. The summed E-state index contributed by atoms with van der Waals surface area (Å²) in [5.74, 6) is 1.05. The van der Waals surface area contributed by atoms with Gasteiger partial charge in [-0.3, -0.25) is 4.90 Å². The zero-order chi connectivity index (χ0) is 15.6. The van der Waals surface area contributed by atoms with E-state index < -0.39 is 0 Å². The van der Waals surface area contributed by atoms with Crippen LogP contribution in [0.1, 0.15) is 32.1 Å². The fourth-order valence-corrected chi connectivity index (χ4v) is 2.94. The lowest BCUT2D eigenvalue weighted by atomic mass is 10.0. The molecule has 4 nitrogen and oxygen atoms in total. The second-order valence-corrected chi connectivity index (χ2v) is 5.98. The van der Waals surface area contributed by atoms with E-state index in [0.717, 1.165) is 11.3 Å². The highest BCUT2D eigenvalue weighted by atomic mass is 19.1. The Morgan fingerprint density at radius 1 is 1.33 bits per heavy atom. The first-order valence-corrected chi connectivity index (χ1v) is 7.38. The molecule has 0 saturated carbocycles. The maximum Gasteiger partial charge on any atom is 0.127 e. The zero-order valence-electron chi connectivity index (χ0n) is 13.2. The molecule has 21 heavy (non-hydrogen) atoms. The molecule has 0 bridgehead atoms. The first-order valence-electron chi connectivity index (χ1n) is 7.38. The predicted octanol–water partition coefficient (Wildman–Crippen LogP) is 2.82. The highest BCUT2D eigenvalue weighted by Gasteiger charge is 2.25. The van der Waals surface area contributed by atoms with Gasteiger partial charge in [0.2, 0.25) is 0 Å². The van der Waals surface area contributed by atoms with Gasteiger partial charge in [-0.1, -0.05) is 13.8 Å². The first kappa shape index (κ1) is 15.9. The Bertz CT molecular complexity index is 599. The maximum absolute atomic E-state index is 13.4. The van der Waals surface area contributed by atoms with Crippen LogP contribution >= 0.6 is 0 Å². The Balaban J connectivity index is 2.59. The summed E-state index contributed by atoms with van der Waals surface area (Å²) in [6, 6.07) is 4.86. The molecule has 1 heterocycles. The molecule has 0 amide bonds. The second kappa shape index (κ2) is 6.54. The molecule has 1 N–H and O–H groups in total. The SMILES string of the molecule is CC(C)C(c1nc2cc(F)ccc2n1CCCO)N(C)C. The number of hydrogen-bond acceptors (Lipinski definition) is 3. The summed E-state index contributed by atoms with van der Waals surface area (Å²) >= 11 is 0. The number of hydrogen-bond donors (Lipinski definition) is 1. The molecule has 1 aromatic carbocycles. The summed E-state index contributed by atoms with van der Waals surface area (Å²) < 4.78 is 15.6. The third-order valence-corrected chi connectivity index (χ3v) is 3.73. The van der Waals surface area contributed by atoms with Crippen molar-refractivity contribution in [2.75, 3.05) is 20.7 Å². The molecule has 0 radical (unpaired) electrons. The largest absolute Gasteiger partial charge is 0.396 e. The van der Waals surface area contributed by atoms with Gasteiger partial charge in [0.15, 0.2) is 0 Å². The van der Waals surface area contributed by atoms with Crippen LogP contribution in [0.3, 0.4) is 0 Å². The molecule has 1 aromatic heterocycles. The van der Waals surface area contributed by atoms with E-state index in [2.05, 4.69) is 28.3 Å². The highest BCUT2D eigenvalue weighted by molar-refractivity contribution is 5.76. The molecule has 2 aromatic rings. The van der Waals surface area contributed by atoms with Crippen molar-refractivity contribution in [2.24, 2.45) is 5.92 Å². The lowest BCUT2D eigenvalue weighted by Gasteiger charge is -2.28. The average Bonchev–Trinajstić information content (AvgIpc) is 2.72. The number of aromatic nitrogens is 2. The van der Waals surface area contributed by atoms with E-state index in [9.17, 15) is 4.39 Å². The second-order valence-electron chi connectivity index (χ2n) is 5.98. The molecule has 0 fully saturated rings. The van der Waals surface area contributed by atoms with Gasteiger partial charge >= 0.3 is 0 Å². The summed E-state index contributed by atoms with van der Waals surface area (Å²) in [4.78, 5) is 6.81. The van der Waals surface area contributed by atoms with Crippen molar-refractivity contribution in [3.63, 3.8) is 0 Å². The van der Waals surface area contributed by atoms with E-state index in [4.69, 9.17) is 5.11 Å². The summed E-state index contributed by atoms with van der Waals surface area (Å²) in [7, 11) is 4.06. The van der Waals surface area contributed by atoms with Crippen LogP contribution in [-0.2, 0) is 6.54 Å². The number of rotatable bonds is 6. The van der Waals surface area contributed by atoms with Crippen LogP contribution in [0, 0.1) is 11.7 Å². The van der Waals surface area contributed by atoms with Gasteiger partial charge in [-0.2, -0.15) is 0 Å². The fraction of sp³-hybridized carbons (Fsp3) is 0.562. The van der Waals surface area contributed by atoms with Crippen LogP contribution in [0.15, 0.2) is 18.2 Å². The fourth-order valence-electron chi connectivity index (χ4n) is 2.94. The number of nitrogens with zero attached hydrogens (tertiary/aromatic N) is 3. The Morgan fingerprint density at radius 2 is 2.05 bits per heavy atom. The van der Waals surface area contributed by atoms with E-state index in [-0.39, 0.29) is 18.5 Å². The van der Waals surface area contributed by atoms with Gasteiger partial charge in [0, 0.05) is 19.2 Å². The van der Waals surface area contributed by atoms with Gasteiger partial charge in [0.1, 0.15) is 11.6 Å². The van der Waals surface area contributed by atoms with E-state index in [1.165, 1.54) is 12.1 Å². The van der Waals surface area contributed by atoms with Gasteiger partial charge in [-0.05, 0) is 38.6 Å². The predicted molar refractivity (Wildman–Crippen MR) is 82.7 cm³/mol. The number of halogens is 1. The topological polar surface area (TPSA) is 41.3 Å². The minimum Gasteiger partial charge on any atom is -0.396 e. The van der Waals surface area contributed by atoms with E-state index in [0.29, 0.717) is 24.4 Å². The van der Waals surface area contributed by atoms with Crippen LogP contribution < -0.4 is 0 Å². The van der Waals surface area contributed by atoms with Crippen molar-refractivity contribution in [1.29, 1.82) is 0 Å². The molecule has 1 unspecified atom stereocenters. The molecule has 1 atom stereocenters. The van der Waals surface area contributed by atoms with Crippen LogP contribution in [0.2, 0.25) is 0 Å². The summed E-state index contributed by atoms with van der Waals surface area (Å²) in [5.41, 5.74) is 1.60. The average molecular weight is 293 g/mol. The first-order chi connectivity index (χ1) is 9.95. The monoisotopic (exact) mass is 293 g/mol. The number of fused-ring (bicyclic) bond motifs is 1. The van der Waals surface area contributed by atoms with E-state index in [1.54, 1.807) is 6.07 Å². The zero-order valence-corrected chi connectivity index (χ0v) is 13.2. The minimum absolute atomic E-state index is 0.134. The molecule has 0 aliphatic heterocycles. The van der Waals surface area contributed by atoms with Gasteiger partial charge < -0.3 is 9.67 Å². The third-order valence-electron chi connectivity index (χ3n) is 3.73. The Hall–Kier alpha value is -1.46. The minimum atomic E-state index is -0.271. The van der Waals surface area contributed by atoms with Crippen molar-refractivity contribution < 1.29 is 9.50 Å². The van der Waals surface area contributed by atoms with Crippen molar-refractivity contribution in [3.8, 4) is 0 Å². The van der Waals surface area contributed by atoms with Gasteiger partial charge in [0.25, 0.3) is 0 Å².